The van der Waals surface area contributed by atoms with Crippen molar-refractivity contribution in [1.82, 2.24) is 15.2 Å². The summed E-state index contributed by atoms with van der Waals surface area (Å²) in [5, 5.41) is 20.2. The lowest BCUT2D eigenvalue weighted by molar-refractivity contribution is 1.07. The number of nitriles is 1. The Kier molecular flexibility index (Phi) is 2.62. The second-order valence-electron chi connectivity index (χ2n) is 4.21. The monoisotopic (exact) mass is 249 g/mol. The van der Waals surface area contributed by atoms with E-state index in [-0.39, 0.29) is 0 Å². The van der Waals surface area contributed by atoms with E-state index in [4.69, 9.17) is 5.26 Å². The van der Waals surface area contributed by atoms with Gasteiger partial charge in [-0.3, -0.25) is 5.10 Å². The Labute approximate surface area is 109 Å². The lowest BCUT2D eigenvalue weighted by Gasteiger charge is -2.07. The maximum Gasteiger partial charge on any atom is 0.141 e. The second-order valence-corrected chi connectivity index (χ2v) is 4.21. The Morgan fingerprint density at radius 1 is 1.32 bits per heavy atom. The topological polar surface area (TPSA) is 77.4 Å². The first kappa shape index (κ1) is 11.2. The van der Waals surface area contributed by atoms with Crippen molar-refractivity contribution in [2.24, 2.45) is 0 Å². The van der Waals surface area contributed by atoms with Gasteiger partial charge in [0.05, 0.1) is 28.2 Å². The van der Waals surface area contributed by atoms with E-state index in [1.54, 1.807) is 18.3 Å². The number of pyridine rings is 1. The van der Waals surface area contributed by atoms with Crippen molar-refractivity contribution in [3.05, 3.63) is 47.8 Å². The van der Waals surface area contributed by atoms with E-state index in [9.17, 15) is 0 Å². The molecule has 19 heavy (non-hydrogen) atoms. The Morgan fingerprint density at radius 3 is 3.05 bits per heavy atom. The number of nitrogens with one attached hydrogen (secondary N) is 2. The fraction of sp³-hybridized carbons (Fsp3) is 0.0714. The van der Waals surface area contributed by atoms with Crippen LogP contribution in [0, 0.1) is 18.3 Å². The molecule has 1 aromatic carbocycles. The largest absolute Gasteiger partial charge is 0.340 e. The normalized spacial score (nSPS) is 10.3. The summed E-state index contributed by atoms with van der Waals surface area (Å²) in [4.78, 5) is 4.34. The van der Waals surface area contributed by atoms with Crippen molar-refractivity contribution in [2.45, 2.75) is 6.92 Å². The third-order valence-corrected chi connectivity index (χ3v) is 2.91. The molecule has 3 rings (SSSR count). The summed E-state index contributed by atoms with van der Waals surface area (Å²) in [6, 6.07) is 11.3. The molecule has 0 saturated heterocycles. The van der Waals surface area contributed by atoms with Gasteiger partial charge in [0.2, 0.25) is 0 Å². The van der Waals surface area contributed by atoms with Crippen LogP contribution in [0.5, 0.6) is 0 Å². The molecule has 0 fully saturated rings. The Hall–Kier alpha value is -2.87. The maximum atomic E-state index is 8.90. The first-order valence-corrected chi connectivity index (χ1v) is 5.85. The molecular formula is C14H11N5. The van der Waals surface area contributed by atoms with E-state index in [1.165, 1.54) is 0 Å². The molecule has 2 heterocycles. The van der Waals surface area contributed by atoms with Crippen LogP contribution in [-0.2, 0) is 0 Å². The number of hydrogen-bond acceptors (Lipinski definition) is 4. The second kappa shape index (κ2) is 4.42. The number of fused-ring (bicyclic) bond motifs is 1. The first-order valence-electron chi connectivity index (χ1n) is 5.85. The molecule has 0 radical (unpaired) electrons. The molecule has 0 bridgehead atoms. The van der Waals surface area contributed by atoms with Gasteiger partial charge in [-0.2, -0.15) is 10.4 Å². The number of aromatic amines is 1. The molecule has 0 unspecified atom stereocenters. The van der Waals surface area contributed by atoms with Gasteiger partial charge in [-0.1, -0.05) is 6.07 Å². The summed E-state index contributed by atoms with van der Waals surface area (Å²) in [6.07, 6.45) is 1.72. The van der Waals surface area contributed by atoms with E-state index in [1.807, 2.05) is 25.1 Å². The third-order valence-electron chi connectivity index (χ3n) is 2.91. The van der Waals surface area contributed by atoms with Crippen molar-refractivity contribution >= 4 is 22.4 Å². The number of benzene rings is 1. The van der Waals surface area contributed by atoms with E-state index in [2.05, 4.69) is 26.6 Å². The zero-order valence-electron chi connectivity index (χ0n) is 10.3. The molecule has 0 spiro atoms. The molecule has 92 valence electrons. The number of H-pyrrole nitrogens is 1. The Bertz CT molecular complexity index is 782. The van der Waals surface area contributed by atoms with E-state index in [0.29, 0.717) is 5.56 Å². The molecule has 0 aliphatic rings. The van der Waals surface area contributed by atoms with Gasteiger partial charge in [-0.15, -0.1) is 0 Å². The highest BCUT2D eigenvalue weighted by Gasteiger charge is 2.08. The predicted molar refractivity (Wildman–Crippen MR) is 73.1 cm³/mol. The van der Waals surface area contributed by atoms with Crippen LogP contribution in [0.2, 0.25) is 0 Å². The molecule has 0 amide bonds. The average Bonchev–Trinajstić information content (AvgIpc) is 2.82. The van der Waals surface area contributed by atoms with Crippen LogP contribution < -0.4 is 5.32 Å². The maximum absolute atomic E-state index is 8.90. The van der Waals surface area contributed by atoms with Crippen LogP contribution in [0.25, 0.3) is 10.9 Å². The van der Waals surface area contributed by atoms with Crippen LogP contribution in [0.4, 0.5) is 11.5 Å². The molecule has 0 saturated carbocycles. The van der Waals surface area contributed by atoms with Crippen molar-refractivity contribution in [3.8, 4) is 6.07 Å². The predicted octanol–water partition coefficient (Wildman–Crippen LogP) is 2.88. The number of anilines is 2. The van der Waals surface area contributed by atoms with E-state index < -0.39 is 0 Å². The van der Waals surface area contributed by atoms with Crippen LogP contribution in [-0.4, -0.2) is 15.2 Å². The van der Waals surface area contributed by atoms with Gasteiger partial charge in [0.15, 0.2) is 0 Å². The molecule has 0 aliphatic heterocycles. The highest BCUT2D eigenvalue weighted by atomic mass is 15.1. The molecule has 0 aliphatic carbocycles. The average molecular weight is 249 g/mol. The summed E-state index contributed by atoms with van der Waals surface area (Å²) in [7, 11) is 0. The fourth-order valence-corrected chi connectivity index (χ4v) is 2.02. The summed E-state index contributed by atoms with van der Waals surface area (Å²) in [5.74, 6) is 0.735. The zero-order chi connectivity index (χ0) is 13.2. The highest BCUT2D eigenvalue weighted by molar-refractivity contribution is 5.92. The Balaban J connectivity index is 2.06. The first-order chi connectivity index (χ1) is 9.28. The minimum atomic E-state index is 0.612. The van der Waals surface area contributed by atoms with Crippen molar-refractivity contribution < 1.29 is 0 Å². The van der Waals surface area contributed by atoms with Gasteiger partial charge in [0.1, 0.15) is 5.82 Å². The lowest BCUT2D eigenvalue weighted by atomic mass is 10.2. The lowest BCUT2D eigenvalue weighted by Crippen LogP contribution is -1.94. The van der Waals surface area contributed by atoms with Crippen molar-refractivity contribution in [2.75, 3.05) is 5.32 Å². The van der Waals surface area contributed by atoms with Crippen LogP contribution in [0.15, 0.2) is 36.5 Å². The molecule has 2 aromatic heterocycles. The number of rotatable bonds is 2. The van der Waals surface area contributed by atoms with Crippen molar-refractivity contribution in [1.29, 1.82) is 5.26 Å². The van der Waals surface area contributed by atoms with Gasteiger partial charge in [-0.05, 0) is 31.2 Å². The fourth-order valence-electron chi connectivity index (χ4n) is 2.02. The summed E-state index contributed by atoms with van der Waals surface area (Å²) in [6.45, 7) is 1.93. The van der Waals surface area contributed by atoms with Gasteiger partial charge >= 0.3 is 0 Å². The van der Waals surface area contributed by atoms with Gasteiger partial charge in [0.25, 0.3) is 0 Å². The molecule has 5 heteroatoms. The third kappa shape index (κ3) is 2.00. The SMILES string of the molecule is Cc1n[nH]c2ccnc(Nc3cccc(C#N)c3)c12. The molecule has 0 atom stereocenters. The van der Waals surface area contributed by atoms with E-state index in [0.717, 1.165) is 28.1 Å². The summed E-state index contributed by atoms with van der Waals surface area (Å²) < 4.78 is 0. The number of aromatic nitrogens is 3. The Morgan fingerprint density at radius 2 is 2.21 bits per heavy atom. The van der Waals surface area contributed by atoms with Gasteiger partial charge < -0.3 is 5.32 Å². The number of aryl methyl sites for hydroxylation is 1. The smallest absolute Gasteiger partial charge is 0.141 e. The summed E-state index contributed by atoms with van der Waals surface area (Å²) in [5.41, 5.74) is 3.27. The minimum absolute atomic E-state index is 0.612. The van der Waals surface area contributed by atoms with Gasteiger partial charge in [0, 0.05) is 11.9 Å². The van der Waals surface area contributed by atoms with Crippen molar-refractivity contribution in [3.63, 3.8) is 0 Å². The van der Waals surface area contributed by atoms with Gasteiger partial charge in [-0.25, -0.2) is 4.98 Å². The standard InChI is InChI=1S/C14H11N5/c1-9-13-12(19-18-9)5-6-16-14(13)17-11-4-2-3-10(7-11)8-15/h2-7H,1H3,(H,16,17)(H,18,19). The zero-order valence-corrected chi connectivity index (χ0v) is 10.3. The molecule has 5 nitrogen and oxygen atoms in total. The van der Waals surface area contributed by atoms with Crippen LogP contribution in [0.1, 0.15) is 11.3 Å². The number of hydrogen-bond donors (Lipinski definition) is 2. The number of nitrogens with zero attached hydrogens (tertiary/aromatic N) is 3. The molecule has 3 aromatic rings. The summed E-state index contributed by atoms with van der Waals surface area (Å²) >= 11 is 0. The quantitative estimate of drug-likeness (QED) is 0.732. The highest BCUT2D eigenvalue weighted by Crippen LogP contribution is 2.25. The molecular weight excluding hydrogens is 238 g/mol. The van der Waals surface area contributed by atoms with Crippen LogP contribution in [0.3, 0.4) is 0 Å². The molecule has 2 N–H and O–H groups in total. The van der Waals surface area contributed by atoms with E-state index >= 15 is 0 Å². The minimum Gasteiger partial charge on any atom is -0.340 e. The van der Waals surface area contributed by atoms with Crippen LogP contribution >= 0.6 is 0 Å².